The summed E-state index contributed by atoms with van der Waals surface area (Å²) in [6.07, 6.45) is -4.75. The van der Waals surface area contributed by atoms with Crippen LogP contribution in [0.25, 0.3) is 10.8 Å². The van der Waals surface area contributed by atoms with Crippen LogP contribution in [0.4, 0.5) is 13.2 Å². The van der Waals surface area contributed by atoms with E-state index in [2.05, 4.69) is 0 Å². The van der Waals surface area contributed by atoms with E-state index in [9.17, 15) is 26.4 Å². The molecule has 0 bridgehead atoms. The molecule has 0 saturated carbocycles. The van der Waals surface area contributed by atoms with Gasteiger partial charge in [-0.15, -0.1) is 0 Å². The fraction of sp³-hybridized carbons (Fsp3) is 0.267. The molecule has 0 spiro atoms. The predicted molar refractivity (Wildman–Crippen MR) is 82.2 cm³/mol. The van der Waals surface area contributed by atoms with Gasteiger partial charge >= 0.3 is 12.1 Å². The zero-order valence-electron chi connectivity index (χ0n) is 12.1. The molecule has 0 N–H and O–H groups in total. The zero-order valence-corrected chi connectivity index (χ0v) is 13.7. The number of hydrogen-bond donors (Lipinski definition) is 0. The number of benzene rings is 2. The number of halogens is 4. The quantitative estimate of drug-likeness (QED) is 0.717. The lowest BCUT2D eigenvalue weighted by molar-refractivity contribution is -0.186. The Morgan fingerprint density at radius 3 is 2.38 bits per heavy atom. The van der Waals surface area contributed by atoms with Crippen molar-refractivity contribution >= 4 is 36.4 Å². The Labute approximate surface area is 140 Å². The van der Waals surface area contributed by atoms with Gasteiger partial charge in [0.25, 0.3) is 9.05 Å². The van der Waals surface area contributed by atoms with Crippen molar-refractivity contribution in [2.24, 2.45) is 0 Å². The van der Waals surface area contributed by atoms with Crippen LogP contribution in [-0.2, 0) is 26.8 Å². The van der Waals surface area contributed by atoms with E-state index in [0.29, 0.717) is 21.2 Å². The molecule has 1 amide bonds. The van der Waals surface area contributed by atoms with Crippen LogP contribution in [0.1, 0.15) is 11.1 Å². The summed E-state index contributed by atoms with van der Waals surface area (Å²) in [4.78, 5) is 11.9. The van der Waals surface area contributed by atoms with Gasteiger partial charge in [0.15, 0.2) is 0 Å². The van der Waals surface area contributed by atoms with Crippen molar-refractivity contribution in [2.75, 3.05) is 6.54 Å². The summed E-state index contributed by atoms with van der Waals surface area (Å²) in [7, 11) is 1.38. The summed E-state index contributed by atoms with van der Waals surface area (Å²) in [6, 6.07) is 7.91. The molecule has 0 atom stereocenters. The van der Waals surface area contributed by atoms with E-state index in [4.69, 9.17) is 10.7 Å². The number of amides is 1. The van der Waals surface area contributed by atoms with Crippen molar-refractivity contribution < 1.29 is 26.4 Å². The first kappa shape index (κ1) is 17.0. The molecule has 9 heteroatoms. The molecule has 0 radical (unpaired) electrons. The van der Waals surface area contributed by atoms with Crippen LogP contribution < -0.4 is 0 Å². The van der Waals surface area contributed by atoms with Crippen LogP contribution in [-0.4, -0.2) is 31.9 Å². The van der Waals surface area contributed by atoms with Crippen LogP contribution in [0.2, 0.25) is 0 Å². The molecule has 4 nitrogen and oxygen atoms in total. The smallest absolute Gasteiger partial charge is 0.330 e. The number of carbonyl (C=O) groups is 1. The molecule has 0 aliphatic carbocycles. The molecule has 0 unspecified atom stereocenters. The van der Waals surface area contributed by atoms with E-state index >= 15 is 0 Å². The van der Waals surface area contributed by atoms with Gasteiger partial charge in [-0.1, -0.05) is 24.3 Å². The summed E-state index contributed by atoms with van der Waals surface area (Å²) in [5, 5.41) is 1.04. The molecule has 1 aliphatic rings. The largest absolute Gasteiger partial charge is 0.471 e. The highest BCUT2D eigenvalue weighted by Gasteiger charge is 2.43. The highest BCUT2D eigenvalue weighted by Crippen LogP contribution is 2.35. The molecule has 128 valence electrons. The van der Waals surface area contributed by atoms with Crippen molar-refractivity contribution in [2.45, 2.75) is 24.0 Å². The third-order valence-electron chi connectivity index (χ3n) is 4.00. The van der Waals surface area contributed by atoms with Gasteiger partial charge in [0, 0.05) is 29.2 Å². The van der Waals surface area contributed by atoms with E-state index in [-0.39, 0.29) is 24.4 Å². The molecule has 3 rings (SSSR count). The van der Waals surface area contributed by atoms with Crippen molar-refractivity contribution in [1.82, 2.24) is 4.90 Å². The molecule has 0 fully saturated rings. The van der Waals surface area contributed by atoms with Crippen LogP contribution in [0.15, 0.2) is 35.2 Å². The third-order valence-corrected chi connectivity index (χ3v) is 5.36. The monoisotopic (exact) mass is 377 g/mol. The van der Waals surface area contributed by atoms with Gasteiger partial charge < -0.3 is 4.90 Å². The van der Waals surface area contributed by atoms with Crippen LogP contribution in [0.3, 0.4) is 0 Å². The number of carbonyl (C=O) groups excluding carboxylic acids is 1. The highest BCUT2D eigenvalue weighted by molar-refractivity contribution is 8.14. The fourth-order valence-electron chi connectivity index (χ4n) is 2.98. The maximum absolute atomic E-state index is 12.6. The minimum Gasteiger partial charge on any atom is -0.330 e. The number of fused-ring (bicyclic) bond motifs is 3. The van der Waals surface area contributed by atoms with Gasteiger partial charge in [-0.25, -0.2) is 8.42 Å². The molecule has 0 saturated heterocycles. The SMILES string of the molecule is O=C(N1CCc2c(cc(S(=O)(=O)Cl)c3ccccc23)C1)C(F)(F)F. The first-order valence-corrected chi connectivity index (χ1v) is 9.24. The number of rotatable bonds is 1. The van der Waals surface area contributed by atoms with Crippen LogP contribution in [0.5, 0.6) is 0 Å². The minimum absolute atomic E-state index is 0.0810. The summed E-state index contributed by atoms with van der Waals surface area (Å²) in [6.45, 7) is -0.389. The topological polar surface area (TPSA) is 54.5 Å². The fourth-order valence-corrected chi connectivity index (χ4v) is 4.09. The lowest BCUT2D eigenvalue weighted by Gasteiger charge is -2.30. The van der Waals surface area contributed by atoms with E-state index in [1.807, 2.05) is 0 Å². The van der Waals surface area contributed by atoms with Crippen LogP contribution in [0, 0.1) is 0 Å². The maximum atomic E-state index is 12.6. The molecule has 0 aromatic heterocycles. The standard InChI is InChI=1S/C15H11ClF3NO3S/c16-24(22,23)13-7-9-8-20(14(21)15(17,18)19)6-5-10(9)11-3-1-2-4-12(11)13/h1-4,7H,5-6,8H2. The summed E-state index contributed by atoms with van der Waals surface area (Å²) in [5.41, 5.74) is 1.10. The second-order valence-corrected chi connectivity index (χ2v) is 8.00. The number of alkyl halides is 3. The van der Waals surface area contributed by atoms with E-state index in [0.717, 1.165) is 5.56 Å². The van der Waals surface area contributed by atoms with Gasteiger partial charge in [-0.05, 0) is 29.0 Å². The van der Waals surface area contributed by atoms with Gasteiger partial charge in [0.2, 0.25) is 0 Å². The zero-order chi connectivity index (χ0) is 17.7. The van der Waals surface area contributed by atoms with E-state index < -0.39 is 21.1 Å². The second kappa shape index (κ2) is 5.63. The van der Waals surface area contributed by atoms with Gasteiger partial charge in [-0.3, -0.25) is 4.79 Å². The predicted octanol–water partition coefficient (Wildman–Crippen LogP) is 3.21. The Kier molecular flexibility index (Phi) is 4.00. The Hall–Kier alpha value is -1.80. The van der Waals surface area contributed by atoms with Gasteiger partial charge in [0.1, 0.15) is 0 Å². The average molecular weight is 378 g/mol. The summed E-state index contributed by atoms with van der Waals surface area (Å²) >= 11 is 0. The van der Waals surface area contributed by atoms with Crippen molar-refractivity contribution in [1.29, 1.82) is 0 Å². The lowest BCUT2D eigenvalue weighted by Crippen LogP contribution is -2.43. The van der Waals surface area contributed by atoms with Gasteiger partial charge in [-0.2, -0.15) is 13.2 Å². The maximum Gasteiger partial charge on any atom is 0.471 e. The van der Waals surface area contributed by atoms with Crippen molar-refractivity contribution in [3.8, 4) is 0 Å². The lowest BCUT2D eigenvalue weighted by atomic mass is 9.93. The Morgan fingerprint density at radius 1 is 1.17 bits per heavy atom. The molecule has 2 aromatic carbocycles. The van der Waals surface area contributed by atoms with Crippen molar-refractivity contribution in [3.05, 3.63) is 41.5 Å². The molecular weight excluding hydrogens is 367 g/mol. The number of hydrogen-bond acceptors (Lipinski definition) is 3. The highest BCUT2D eigenvalue weighted by atomic mass is 35.7. The third kappa shape index (κ3) is 2.95. The van der Waals surface area contributed by atoms with Gasteiger partial charge in [0.05, 0.1) is 4.90 Å². The summed E-state index contributed by atoms with van der Waals surface area (Å²) in [5.74, 6) is -1.93. The summed E-state index contributed by atoms with van der Waals surface area (Å²) < 4.78 is 61.5. The molecule has 1 aliphatic heterocycles. The average Bonchev–Trinajstić information content (AvgIpc) is 2.51. The van der Waals surface area contributed by atoms with Crippen LogP contribution >= 0.6 is 10.7 Å². The first-order chi connectivity index (χ1) is 11.1. The molecule has 2 aromatic rings. The Morgan fingerprint density at radius 2 is 1.79 bits per heavy atom. The molecule has 24 heavy (non-hydrogen) atoms. The van der Waals surface area contributed by atoms with E-state index in [1.54, 1.807) is 24.3 Å². The molecular formula is C15H11ClF3NO3S. The van der Waals surface area contributed by atoms with Crippen molar-refractivity contribution in [3.63, 3.8) is 0 Å². The number of nitrogens with zero attached hydrogens (tertiary/aromatic N) is 1. The molecule has 1 heterocycles. The normalized spacial score (nSPS) is 15.4. The second-order valence-electron chi connectivity index (χ2n) is 5.47. The Bertz CT molecular complexity index is 941. The minimum atomic E-state index is -4.96. The van der Waals surface area contributed by atoms with E-state index in [1.165, 1.54) is 6.07 Å². The first-order valence-electron chi connectivity index (χ1n) is 6.93. The Balaban J connectivity index is 2.16.